The van der Waals surface area contributed by atoms with Crippen LogP contribution in [0, 0.1) is 17.5 Å². The summed E-state index contributed by atoms with van der Waals surface area (Å²) in [5.41, 5.74) is 0.0791. The first-order chi connectivity index (χ1) is 8.04. The smallest absolute Gasteiger partial charge is 0.194 e. The van der Waals surface area contributed by atoms with Crippen LogP contribution in [0.4, 0.5) is 18.9 Å². The molecule has 0 bridgehead atoms. The zero-order chi connectivity index (χ0) is 12.8. The lowest BCUT2D eigenvalue weighted by molar-refractivity contribution is 0.448. The van der Waals surface area contributed by atoms with Crippen molar-refractivity contribution in [1.29, 1.82) is 0 Å². The van der Waals surface area contributed by atoms with Gasteiger partial charge in [-0.05, 0) is 18.6 Å². The predicted molar refractivity (Wildman–Crippen MR) is 65.4 cm³/mol. The quantitative estimate of drug-likeness (QED) is 0.495. The summed E-state index contributed by atoms with van der Waals surface area (Å²) < 4.78 is 38.4. The number of hydrogen-bond acceptors (Lipinski definition) is 1. The van der Waals surface area contributed by atoms with E-state index < -0.39 is 17.5 Å². The fourth-order valence-electron chi connectivity index (χ4n) is 1.18. The molecule has 0 heterocycles. The summed E-state index contributed by atoms with van der Waals surface area (Å²) >= 11 is 4.91. The lowest BCUT2D eigenvalue weighted by atomic mass is 10.3. The van der Waals surface area contributed by atoms with Crippen LogP contribution >= 0.6 is 12.2 Å². The molecule has 2 N–H and O–H groups in total. The van der Waals surface area contributed by atoms with Gasteiger partial charge in [-0.15, -0.1) is 0 Å². The van der Waals surface area contributed by atoms with E-state index in [1.807, 2.05) is 6.92 Å². The molecule has 0 radical (unpaired) electrons. The van der Waals surface area contributed by atoms with Crippen molar-refractivity contribution in [2.24, 2.45) is 0 Å². The van der Waals surface area contributed by atoms with E-state index in [1.54, 1.807) is 0 Å². The molecule has 94 valence electrons. The van der Waals surface area contributed by atoms with Gasteiger partial charge in [-0.25, -0.2) is 13.2 Å². The summed E-state index contributed by atoms with van der Waals surface area (Å²) in [6, 6.07) is 1.71. The summed E-state index contributed by atoms with van der Waals surface area (Å²) in [5.74, 6) is -3.98. The minimum atomic E-state index is -1.49. The Balaban J connectivity index is 2.60. The van der Waals surface area contributed by atoms with E-state index in [0.29, 0.717) is 6.54 Å². The molecule has 1 rings (SSSR count). The Labute approximate surface area is 103 Å². The number of anilines is 1. The van der Waals surface area contributed by atoms with Gasteiger partial charge in [0, 0.05) is 24.4 Å². The number of unbranched alkanes of at least 4 members (excludes halogenated alkanes) is 1. The summed E-state index contributed by atoms with van der Waals surface area (Å²) in [4.78, 5) is 0. The molecule has 0 aromatic heterocycles. The lowest BCUT2D eigenvalue weighted by Gasteiger charge is -2.10. The van der Waals surface area contributed by atoms with Crippen LogP contribution in [-0.2, 0) is 0 Å². The van der Waals surface area contributed by atoms with E-state index in [1.165, 1.54) is 0 Å². The second-order valence-electron chi connectivity index (χ2n) is 3.49. The van der Waals surface area contributed by atoms with Crippen LogP contribution < -0.4 is 10.6 Å². The number of benzene rings is 1. The molecule has 0 aliphatic rings. The van der Waals surface area contributed by atoms with Crippen LogP contribution in [0.3, 0.4) is 0 Å². The first kappa shape index (κ1) is 13.8. The number of thiocarbonyl (C=S) groups is 1. The van der Waals surface area contributed by atoms with Crippen LogP contribution in [0.25, 0.3) is 0 Å². The molecule has 0 spiro atoms. The molecule has 0 aliphatic heterocycles. The molecular formula is C11H13F3N2S. The third kappa shape index (κ3) is 4.22. The van der Waals surface area contributed by atoms with Gasteiger partial charge in [0.25, 0.3) is 0 Å². The van der Waals surface area contributed by atoms with Crippen molar-refractivity contribution in [3.63, 3.8) is 0 Å². The van der Waals surface area contributed by atoms with E-state index in [-0.39, 0.29) is 10.8 Å². The molecule has 2 nitrogen and oxygen atoms in total. The number of rotatable bonds is 4. The molecule has 17 heavy (non-hydrogen) atoms. The van der Waals surface area contributed by atoms with E-state index in [0.717, 1.165) is 25.0 Å². The molecule has 0 fully saturated rings. The largest absolute Gasteiger partial charge is 0.362 e. The molecule has 0 aliphatic carbocycles. The normalized spacial score (nSPS) is 10.1. The third-order valence-corrected chi connectivity index (χ3v) is 2.30. The van der Waals surface area contributed by atoms with E-state index in [2.05, 4.69) is 10.6 Å². The summed E-state index contributed by atoms with van der Waals surface area (Å²) in [6.45, 7) is 2.71. The minimum absolute atomic E-state index is 0.0791. The lowest BCUT2D eigenvalue weighted by Crippen LogP contribution is -2.29. The zero-order valence-corrected chi connectivity index (χ0v) is 10.1. The van der Waals surface area contributed by atoms with Crippen molar-refractivity contribution >= 4 is 23.0 Å². The van der Waals surface area contributed by atoms with Crippen molar-refractivity contribution in [1.82, 2.24) is 5.32 Å². The van der Waals surface area contributed by atoms with Crippen LogP contribution in [0.5, 0.6) is 0 Å². The van der Waals surface area contributed by atoms with Crippen molar-refractivity contribution < 1.29 is 13.2 Å². The molecule has 0 saturated carbocycles. The zero-order valence-electron chi connectivity index (χ0n) is 9.32. The van der Waals surface area contributed by atoms with Crippen molar-refractivity contribution in [2.75, 3.05) is 11.9 Å². The minimum Gasteiger partial charge on any atom is -0.362 e. The van der Waals surface area contributed by atoms with Gasteiger partial charge in [0.1, 0.15) is 0 Å². The molecule has 0 saturated heterocycles. The van der Waals surface area contributed by atoms with Crippen LogP contribution in [0.15, 0.2) is 12.1 Å². The Kier molecular flexibility index (Phi) is 5.21. The third-order valence-electron chi connectivity index (χ3n) is 2.06. The average molecular weight is 262 g/mol. The van der Waals surface area contributed by atoms with E-state index in [4.69, 9.17) is 12.2 Å². The van der Waals surface area contributed by atoms with Gasteiger partial charge < -0.3 is 10.6 Å². The highest BCUT2D eigenvalue weighted by Crippen LogP contribution is 2.17. The van der Waals surface area contributed by atoms with Gasteiger partial charge in [-0.3, -0.25) is 0 Å². The van der Waals surface area contributed by atoms with Crippen molar-refractivity contribution in [3.8, 4) is 0 Å². The van der Waals surface area contributed by atoms with Crippen LogP contribution in [0.1, 0.15) is 19.8 Å². The van der Waals surface area contributed by atoms with Gasteiger partial charge in [-0.2, -0.15) is 0 Å². The number of nitrogens with one attached hydrogen (secondary N) is 2. The van der Waals surface area contributed by atoms with Gasteiger partial charge in [-0.1, -0.05) is 13.3 Å². The maximum atomic E-state index is 12.9. The Hall–Kier alpha value is -1.30. The second kappa shape index (κ2) is 6.44. The number of hydrogen-bond donors (Lipinski definition) is 2. The topological polar surface area (TPSA) is 24.1 Å². The second-order valence-corrected chi connectivity index (χ2v) is 3.90. The van der Waals surface area contributed by atoms with Gasteiger partial charge >= 0.3 is 0 Å². The van der Waals surface area contributed by atoms with Crippen LogP contribution in [-0.4, -0.2) is 11.7 Å². The Morgan fingerprint density at radius 2 is 1.82 bits per heavy atom. The summed E-state index contributed by atoms with van der Waals surface area (Å²) in [6.07, 6.45) is 1.95. The van der Waals surface area contributed by atoms with Crippen LogP contribution in [0.2, 0.25) is 0 Å². The molecule has 0 atom stereocenters. The first-order valence-electron chi connectivity index (χ1n) is 5.24. The Morgan fingerprint density at radius 3 is 2.35 bits per heavy atom. The highest BCUT2D eigenvalue weighted by Gasteiger charge is 2.10. The van der Waals surface area contributed by atoms with E-state index in [9.17, 15) is 13.2 Å². The standard InChI is InChI=1S/C11H13F3N2S/c1-2-3-4-15-11(17)16-7-5-8(12)10(14)9(13)6-7/h5-6H,2-4H2,1H3,(H2,15,16,17). The monoisotopic (exact) mass is 262 g/mol. The highest BCUT2D eigenvalue weighted by molar-refractivity contribution is 7.80. The van der Waals surface area contributed by atoms with Crippen molar-refractivity contribution in [2.45, 2.75) is 19.8 Å². The Morgan fingerprint density at radius 1 is 1.24 bits per heavy atom. The van der Waals surface area contributed by atoms with Gasteiger partial charge in [0.2, 0.25) is 0 Å². The Bertz CT molecular complexity index is 387. The van der Waals surface area contributed by atoms with E-state index >= 15 is 0 Å². The fourth-order valence-corrected chi connectivity index (χ4v) is 1.40. The molecule has 1 aromatic rings. The maximum absolute atomic E-state index is 12.9. The first-order valence-corrected chi connectivity index (χ1v) is 5.64. The van der Waals surface area contributed by atoms with Gasteiger partial charge in [0.05, 0.1) is 0 Å². The highest BCUT2D eigenvalue weighted by atomic mass is 32.1. The SMILES string of the molecule is CCCCNC(=S)Nc1cc(F)c(F)c(F)c1. The molecular weight excluding hydrogens is 249 g/mol. The molecule has 1 aromatic carbocycles. The molecule has 0 amide bonds. The average Bonchev–Trinajstić information content (AvgIpc) is 2.26. The molecule has 6 heteroatoms. The van der Waals surface area contributed by atoms with Crippen molar-refractivity contribution in [3.05, 3.63) is 29.6 Å². The molecule has 0 unspecified atom stereocenters. The summed E-state index contributed by atoms with van der Waals surface area (Å²) in [7, 11) is 0. The maximum Gasteiger partial charge on any atom is 0.194 e. The number of halogens is 3. The fraction of sp³-hybridized carbons (Fsp3) is 0.364. The summed E-state index contributed by atoms with van der Waals surface area (Å²) in [5, 5.41) is 5.70. The van der Waals surface area contributed by atoms with Gasteiger partial charge in [0.15, 0.2) is 22.6 Å². The predicted octanol–water partition coefficient (Wildman–Crippen LogP) is 3.19.